The molecule has 1 fully saturated rings. The number of benzene rings is 1. The quantitative estimate of drug-likeness (QED) is 0.910. The van der Waals surface area contributed by atoms with Crippen LogP contribution in [-0.4, -0.2) is 26.0 Å². The molecule has 0 unspecified atom stereocenters. The maximum Gasteiger partial charge on any atom is 0.153 e. The van der Waals surface area contributed by atoms with Crippen molar-refractivity contribution in [2.24, 2.45) is 11.7 Å². The van der Waals surface area contributed by atoms with Gasteiger partial charge in [0.1, 0.15) is 0 Å². The zero-order chi connectivity index (χ0) is 12.6. The predicted molar refractivity (Wildman–Crippen MR) is 70.0 cm³/mol. The summed E-state index contributed by atoms with van der Waals surface area (Å²) >= 11 is 5.82. The smallest absolute Gasteiger partial charge is 0.153 e. The first-order valence-corrected chi connectivity index (χ1v) is 7.77. The average molecular weight is 274 g/mol. The molecule has 5 heteroatoms. The Bertz CT molecular complexity index is 498. The maximum atomic E-state index is 11.9. The van der Waals surface area contributed by atoms with Gasteiger partial charge in [-0.05, 0) is 30.2 Å². The molecule has 1 saturated carbocycles. The predicted octanol–water partition coefficient (Wildman–Crippen LogP) is 1.82. The van der Waals surface area contributed by atoms with Crippen molar-refractivity contribution in [2.45, 2.75) is 18.1 Å². The second-order valence-electron chi connectivity index (χ2n) is 4.39. The highest BCUT2D eigenvalue weighted by molar-refractivity contribution is 7.92. The highest BCUT2D eigenvalue weighted by Crippen LogP contribution is 2.51. The largest absolute Gasteiger partial charge is 0.330 e. The Morgan fingerprint density at radius 2 is 1.88 bits per heavy atom. The molecule has 1 aromatic rings. The Morgan fingerprint density at radius 3 is 2.35 bits per heavy atom. The molecule has 0 spiro atoms. The molecular formula is C12H16ClNO2S. The van der Waals surface area contributed by atoms with Gasteiger partial charge in [-0.15, -0.1) is 0 Å². The minimum absolute atomic E-state index is 0.0437. The van der Waals surface area contributed by atoms with E-state index in [2.05, 4.69) is 0 Å². The third-order valence-electron chi connectivity index (χ3n) is 3.44. The van der Waals surface area contributed by atoms with Crippen molar-refractivity contribution < 1.29 is 8.42 Å². The third kappa shape index (κ3) is 2.34. The number of sulfone groups is 1. The van der Waals surface area contributed by atoms with Gasteiger partial charge >= 0.3 is 0 Å². The Balaban J connectivity index is 2.26. The van der Waals surface area contributed by atoms with Crippen LogP contribution in [0.4, 0.5) is 0 Å². The Hall–Kier alpha value is -0.580. The van der Waals surface area contributed by atoms with Crippen LogP contribution in [0.5, 0.6) is 0 Å². The standard InChI is InChI=1S/C12H16ClNO2S/c1-2-17(15,16)12-10(7-14)11(12)8-3-5-9(13)6-4-8/h3-6,10-12H,2,7,14H2,1H3/t10-,11+,12-/m1/s1. The molecule has 0 bridgehead atoms. The van der Waals surface area contributed by atoms with Gasteiger partial charge in [0.15, 0.2) is 9.84 Å². The second kappa shape index (κ2) is 4.59. The van der Waals surface area contributed by atoms with Crippen molar-refractivity contribution in [3.05, 3.63) is 34.9 Å². The van der Waals surface area contributed by atoms with Crippen LogP contribution in [-0.2, 0) is 9.84 Å². The van der Waals surface area contributed by atoms with Crippen molar-refractivity contribution in [3.63, 3.8) is 0 Å². The van der Waals surface area contributed by atoms with E-state index in [0.717, 1.165) is 5.56 Å². The highest BCUT2D eigenvalue weighted by atomic mass is 35.5. The van der Waals surface area contributed by atoms with Gasteiger partial charge in [-0.25, -0.2) is 8.42 Å². The van der Waals surface area contributed by atoms with E-state index >= 15 is 0 Å². The van der Waals surface area contributed by atoms with Gasteiger partial charge in [-0.1, -0.05) is 30.7 Å². The van der Waals surface area contributed by atoms with Gasteiger partial charge in [0.25, 0.3) is 0 Å². The minimum Gasteiger partial charge on any atom is -0.330 e. The highest BCUT2D eigenvalue weighted by Gasteiger charge is 2.56. The summed E-state index contributed by atoms with van der Waals surface area (Å²) in [5, 5.41) is 0.354. The van der Waals surface area contributed by atoms with Gasteiger partial charge in [0, 0.05) is 16.7 Å². The van der Waals surface area contributed by atoms with Crippen molar-refractivity contribution in [3.8, 4) is 0 Å². The normalized spacial score (nSPS) is 28.1. The van der Waals surface area contributed by atoms with Gasteiger partial charge in [-0.2, -0.15) is 0 Å². The van der Waals surface area contributed by atoms with Crippen molar-refractivity contribution in [1.29, 1.82) is 0 Å². The van der Waals surface area contributed by atoms with E-state index in [1.165, 1.54) is 0 Å². The number of halogens is 1. The topological polar surface area (TPSA) is 60.2 Å². The second-order valence-corrected chi connectivity index (χ2v) is 7.28. The molecule has 1 aliphatic rings. The molecule has 1 aliphatic carbocycles. The SMILES string of the molecule is CCS(=O)(=O)[C@@H]1[C@H](CN)[C@@H]1c1ccc(Cl)cc1. The molecule has 0 saturated heterocycles. The number of hydrogen-bond donors (Lipinski definition) is 1. The van der Waals surface area contributed by atoms with E-state index in [0.29, 0.717) is 11.6 Å². The van der Waals surface area contributed by atoms with Gasteiger partial charge in [0.2, 0.25) is 0 Å². The molecule has 2 N–H and O–H groups in total. The third-order valence-corrected chi connectivity index (χ3v) is 5.97. The molecule has 1 aromatic carbocycles. The molecule has 94 valence electrons. The van der Waals surface area contributed by atoms with Gasteiger partial charge < -0.3 is 5.73 Å². The lowest BCUT2D eigenvalue weighted by molar-refractivity contribution is 0.593. The first-order valence-electron chi connectivity index (χ1n) is 5.68. The molecule has 2 rings (SSSR count). The van der Waals surface area contributed by atoms with E-state index in [-0.39, 0.29) is 22.8 Å². The fraction of sp³-hybridized carbons (Fsp3) is 0.500. The number of hydrogen-bond acceptors (Lipinski definition) is 3. The molecular weight excluding hydrogens is 258 g/mol. The first kappa shape index (κ1) is 12.9. The molecule has 0 amide bonds. The van der Waals surface area contributed by atoms with Crippen LogP contribution in [0.25, 0.3) is 0 Å². The van der Waals surface area contributed by atoms with Crippen molar-refractivity contribution in [1.82, 2.24) is 0 Å². The van der Waals surface area contributed by atoms with E-state index < -0.39 is 9.84 Å². The van der Waals surface area contributed by atoms with E-state index in [4.69, 9.17) is 17.3 Å². The van der Waals surface area contributed by atoms with Crippen LogP contribution in [0.3, 0.4) is 0 Å². The summed E-state index contributed by atoms with van der Waals surface area (Å²) in [7, 11) is -3.01. The lowest BCUT2D eigenvalue weighted by atomic mass is 10.1. The lowest BCUT2D eigenvalue weighted by Crippen LogP contribution is -2.15. The summed E-state index contributed by atoms with van der Waals surface area (Å²) in [6, 6.07) is 7.36. The maximum absolute atomic E-state index is 11.9. The Labute approximate surface area is 107 Å². The van der Waals surface area contributed by atoms with Crippen LogP contribution < -0.4 is 5.73 Å². The summed E-state index contributed by atoms with van der Waals surface area (Å²) in [4.78, 5) is 0. The van der Waals surface area contributed by atoms with Crippen LogP contribution >= 0.6 is 11.6 Å². The lowest BCUT2D eigenvalue weighted by Gasteiger charge is -2.00. The van der Waals surface area contributed by atoms with Crippen LogP contribution in [0, 0.1) is 5.92 Å². The summed E-state index contributed by atoms with van der Waals surface area (Å²) in [5.41, 5.74) is 6.66. The van der Waals surface area contributed by atoms with E-state index in [9.17, 15) is 8.42 Å². The first-order chi connectivity index (χ1) is 8.01. The molecule has 0 aliphatic heterocycles. The van der Waals surface area contributed by atoms with Crippen molar-refractivity contribution >= 4 is 21.4 Å². The monoisotopic (exact) mass is 273 g/mol. The Kier molecular flexibility index (Phi) is 3.48. The molecule has 3 atom stereocenters. The minimum atomic E-state index is -3.01. The van der Waals surface area contributed by atoms with E-state index in [1.54, 1.807) is 19.1 Å². The molecule has 3 nitrogen and oxygen atoms in total. The fourth-order valence-electron chi connectivity index (χ4n) is 2.43. The zero-order valence-electron chi connectivity index (χ0n) is 9.64. The number of nitrogens with two attached hydrogens (primary N) is 1. The van der Waals surface area contributed by atoms with Gasteiger partial charge in [0.05, 0.1) is 5.25 Å². The van der Waals surface area contributed by atoms with Crippen LogP contribution in [0.15, 0.2) is 24.3 Å². The van der Waals surface area contributed by atoms with Crippen LogP contribution in [0.2, 0.25) is 5.02 Å². The molecule has 0 aromatic heterocycles. The molecule has 17 heavy (non-hydrogen) atoms. The van der Waals surface area contributed by atoms with Crippen molar-refractivity contribution in [2.75, 3.05) is 12.3 Å². The van der Waals surface area contributed by atoms with Crippen LogP contribution in [0.1, 0.15) is 18.4 Å². The van der Waals surface area contributed by atoms with Gasteiger partial charge in [-0.3, -0.25) is 0 Å². The fourth-order valence-corrected chi connectivity index (χ4v) is 4.47. The average Bonchev–Trinajstić information content (AvgIpc) is 3.05. The summed E-state index contributed by atoms with van der Waals surface area (Å²) in [6.45, 7) is 2.09. The summed E-state index contributed by atoms with van der Waals surface area (Å²) in [5.74, 6) is 0.279. The van der Waals surface area contributed by atoms with E-state index in [1.807, 2.05) is 12.1 Å². The summed E-state index contributed by atoms with van der Waals surface area (Å²) in [6.07, 6.45) is 0. The number of rotatable bonds is 4. The summed E-state index contributed by atoms with van der Waals surface area (Å²) < 4.78 is 23.8. The molecule has 0 radical (unpaired) electrons. The molecule has 0 heterocycles. The zero-order valence-corrected chi connectivity index (χ0v) is 11.2. The Morgan fingerprint density at radius 1 is 1.29 bits per heavy atom.